The van der Waals surface area contributed by atoms with Crippen molar-refractivity contribution in [2.75, 3.05) is 65.4 Å². The van der Waals surface area contributed by atoms with E-state index in [0.29, 0.717) is 96.1 Å². The molecule has 2 heterocycles. The largest absolute Gasteiger partial charge is 0.370 e. The summed E-state index contributed by atoms with van der Waals surface area (Å²) in [6.07, 6.45) is 9.84. The Morgan fingerprint density at radius 1 is 0.671 bits per heavy atom. The van der Waals surface area contributed by atoms with Crippen molar-refractivity contribution in [1.29, 1.82) is 5.41 Å². The molecule has 32 heteroatoms. The van der Waals surface area contributed by atoms with E-state index in [-0.39, 0.29) is 101 Å². The van der Waals surface area contributed by atoms with Crippen molar-refractivity contribution in [2.45, 2.75) is 165 Å². The highest BCUT2D eigenvalue weighted by Gasteiger charge is 2.39. The molecule has 0 radical (unpaired) electrons. The van der Waals surface area contributed by atoms with Crippen LogP contribution >= 0.6 is 0 Å². The van der Waals surface area contributed by atoms with Crippen molar-refractivity contribution in [3.05, 3.63) is 30.0 Å². The molecule has 32 nitrogen and oxygen atoms in total. The molecule has 0 spiro atoms. The first-order valence-corrected chi connectivity index (χ1v) is 29.3. The van der Waals surface area contributed by atoms with Crippen LogP contribution in [-0.4, -0.2) is 193 Å². The molecular formula is C53H96N22O10. The zero-order valence-corrected chi connectivity index (χ0v) is 49.1. The first-order valence-electron chi connectivity index (χ1n) is 29.3. The van der Waals surface area contributed by atoms with Crippen LogP contribution in [0.1, 0.15) is 122 Å². The predicted molar refractivity (Wildman–Crippen MR) is 319 cm³/mol. The van der Waals surface area contributed by atoms with Gasteiger partial charge in [0.1, 0.15) is 47.7 Å². The lowest BCUT2D eigenvalue weighted by Crippen LogP contribution is -2.57. The van der Waals surface area contributed by atoms with Crippen LogP contribution in [0.25, 0.3) is 0 Å². The van der Waals surface area contributed by atoms with Crippen molar-refractivity contribution in [2.24, 2.45) is 50.9 Å². The number of nitrogens with one attached hydrogen (secondary N) is 11. The van der Waals surface area contributed by atoms with E-state index in [4.69, 9.17) is 51.3 Å². The van der Waals surface area contributed by atoms with Crippen molar-refractivity contribution < 1.29 is 47.9 Å². The number of carbonyl (C=O) groups excluding carboxylic acids is 10. The molecule has 1 fully saturated rings. The van der Waals surface area contributed by atoms with Gasteiger partial charge in [-0.3, -0.25) is 53.4 Å². The maximum Gasteiger partial charge on any atom is 0.269 e. The SMILES string of the molecule is C[C@H](NC(=O)[C@H](CCN)NC(=O)[C@@H](N)CCCCN)C(=O)NCC(=O)/N=C(\CCCN)C(=O)N1CCC[C@H]1C(=O)N[C@@H](Cc1cnc[nH]1)C(=O)N[C@@H](CCCCN)C(=O)N/C(=C\CCNC(=N)N)C(=O)N[C@@H](CCCCN)C(=O)NCCCCN. The third-order valence-corrected chi connectivity index (χ3v) is 13.5. The second-order valence-electron chi connectivity index (χ2n) is 20.5. The number of amides is 10. The number of hydrogen-bond donors (Lipinski definition) is 19. The van der Waals surface area contributed by atoms with Crippen molar-refractivity contribution in [3.8, 4) is 0 Å². The molecule has 1 saturated heterocycles. The summed E-state index contributed by atoms with van der Waals surface area (Å²) in [6, 6.07) is -8.07. The molecule has 27 N–H and O–H groups in total. The average Bonchev–Trinajstić information content (AvgIpc) is 4.31. The van der Waals surface area contributed by atoms with Crippen LogP contribution in [-0.2, 0) is 54.4 Å². The average molecular weight is 1200 g/mol. The molecule has 0 aromatic carbocycles. The molecule has 0 aliphatic carbocycles. The molecule has 0 bridgehead atoms. The molecule has 1 aliphatic heterocycles. The topological polar surface area (TPSA) is 555 Å². The first kappa shape index (κ1) is 73.6. The van der Waals surface area contributed by atoms with E-state index in [1.165, 1.54) is 30.4 Å². The van der Waals surface area contributed by atoms with Gasteiger partial charge in [-0.05, 0) is 149 Å². The van der Waals surface area contributed by atoms with Gasteiger partial charge < -0.3 is 104 Å². The van der Waals surface area contributed by atoms with Gasteiger partial charge in [-0.1, -0.05) is 12.5 Å². The summed E-state index contributed by atoms with van der Waals surface area (Å²) in [4.78, 5) is 149. The van der Waals surface area contributed by atoms with Gasteiger partial charge in [0.05, 0.1) is 18.9 Å². The number of likely N-dealkylation sites (tertiary alicyclic amines) is 1. The Morgan fingerprint density at radius 2 is 1.27 bits per heavy atom. The number of aromatic amines is 1. The Labute approximate surface area is 496 Å². The Hall–Kier alpha value is -7.49. The Morgan fingerprint density at radius 3 is 1.88 bits per heavy atom. The molecule has 0 saturated carbocycles. The van der Waals surface area contributed by atoms with Gasteiger partial charge in [-0.25, -0.2) is 9.98 Å². The smallest absolute Gasteiger partial charge is 0.269 e. The number of aliphatic imine (C=N–C) groups is 1. The fourth-order valence-electron chi connectivity index (χ4n) is 8.74. The van der Waals surface area contributed by atoms with Crippen molar-refractivity contribution in [1.82, 2.24) is 62.7 Å². The molecule has 1 aromatic rings. The third kappa shape index (κ3) is 28.8. The van der Waals surface area contributed by atoms with E-state index in [1.807, 2.05) is 0 Å². The summed E-state index contributed by atoms with van der Waals surface area (Å²) in [5, 5.41) is 31.2. The highest BCUT2D eigenvalue weighted by molar-refractivity contribution is 6.40. The van der Waals surface area contributed by atoms with Crippen molar-refractivity contribution in [3.63, 3.8) is 0 Å². The number of hydrogen-bond acceptors (Lipinski definition) is 19. The number of H-pyrrole nitrogens is 1. The number of carbonyl (C=O) groups is 10. The number of aromatic nitrogens is 2. The zero-order valence-electron chi connectivity index (χ0n) is 49.1. The van der Waals surface area contributed by atoms with Gasteiger partial charge in [0.2, 0.25) is 41.4 Å². The van der Waals surface area contributed by atoms with E-state index < -0.39 is 108 Å². The van der Waals surface area contributed by atoms with Crippen LogP contribution in [0.3, 0.4) is 0 Å². The highest BCUT2D eigenvalue weighted by atomic mass is 16.2. The molecule has 2 rings (SSSR count). The normalized spacial score (nSPS) is 15.4. The predicted octanol–water partition coefficient (Wildman–Crippen LogP) is -6.00. The maximum atomic E-state index is 14.5. The minimum absolute atomic E-state index is 0.0276. The lowest BCUT2D eigenvalue weighted by molar-refractivity contribution is -0.136. The standard InChI is InChI=1S/C53H96N22O10/c1-33(68-47(80)39(19-25-59)70-45(78)35(60)13-2-5-20-54)44(77)66-31-43(76)69-40(16-10-24-58)52(85)75-28-12-18-42(75)51(84)74-41(29-34-30-63-32-67-34)50(83)73-37(15-4-7-22-56)48(81)72-38(17-11-27-65-53(61)62)49(82)71-36(14-3-6-21-55)46(79)64-26-9-8-23-57/h17,30,32-33,35-37,39,41-42H,2-16,18-29,31,54-60H2,1H3,(H,63,67)(H,64,79)(H,66,77)(H,68,80)(H,70,78)(H,71,82)(H,72,81)(H,73,83)(H,74,84)(H4,61,62,65)/b38-17-,69-40+/t33-,35-,36-,37-,39-,41-,42-/m0/s1. The monoisotopic (exact) mass is 1200 g/mol. The van der Waals surface area contributed by atoms with E-state index >= 15 is 0 Å². The third-order valence-electron chi connectivity index (χ3n) is 13.5. The Kier molecular flexibility index (Phi) is 36.7. The van der Waals surface area contributed by atoms with Gasteiger partial charge in [-0.2, -0.15) is 0 Å². The van der Waals surface area contributed by atoms with Gasteiger partial charge >= 0.3 is 0 Å². The van der Waals surface area contributed by atoms with E-state index in [1.54, 1.807) is 0 Å². The van der Waals surface area contributed by atoms with E-state index in [2.05, 4.69) is 62.8 Å². The molecule has 7 atom stereocenters. The summed E-state index contributed by atoms with van der Waals surface area (Å²) >= 11 is 0. The summed E-state index contributed by atoms with van der Waals surface area (Å²) in [7, 11) is 0. The first-order chi connectivity index (χ1) is 40.7. The Bertz CT molecular complexity index is 2360. The molecule has 10 amide bonds. The van der Waals surface area contributed by atoms with Gasteiger partial charge in [0, 0.05) is 37.9 Å². The van der Waals surface area contributed by atoms with Crippen LogP contribution in [0.15, 0.2) is 29.3 Å². The molecule has 478 valence electrons. The fraction of sp³-hybridized carbons (Fsp3) is 0.679. The Balaban J connectivity index is 2.35. The number of guanidine groups is 1. The van der Waals surface area contributed by atoms with Gasteiger partial charge in [-0.15, -0.1) is 0 Å². The van der Waals surface area contributed by atoms with Gasteiger partial charge in [0.25, 0.3) is 17.7 Å². The number of nitrogens with zero attached hydrogens (tertiary/aromatic N) is 3. The quantitative estimate of drug-likeness (QED) is 0.0125. The summed E-state index contributed by atoms with van der Waals surface area (Å²) < 4.78 is 0. The molecule has 1 aromatic heterocycles. The van der Waals surface area contributed by atoms with Crippen LogP contribution in [0.4, 0.5) is 0 Å². The lowest BCUT2D eigenvalue weighted by Gasteiger charge is -2.28. The second-order valence-corrected chi connectivity index (χ2v) is 20.5. The van der Waals surface area contributed by atoms with Crippen LogP contribution < -0.4 is 93.7 Å². The summed E-state index contributed by atoms with van der Waals surface area (Å²) in [6.45, 7) is 2.76. The lowest BCUT2D eigenvalue weighted by atomic mass is 10.1. The number of nitrogens with two attached hydrogens (primary N) is 8. The molecular weight excluding hydrogens is 1100 g/mol. The highest BCUT2D eigenvalue weighted by Crippen LogP contribution is 2.20. The number of rotatable bonds is 43. The number of imidazole rings is 1. The minimum Gasteiger partial charge on any atom is -0.370 e. The van der Waals surface area contributed by atoms with Crippen molar-refractivity contribution >= 4 is 70.7 Å². The van der Waals surface area contributed by atoms with Gasteiger partial charge in [0.15, 0.2) is 5.96 Å². The summed E-state index contributed by atoms with van der Waals surface area (Å²) in [5.74, 6) is -7.74. The van der Waals surface area contributed by atoms with Crippen LogP contribution in [0.5, 0.6) is 0 Å². The number of unbranched alkanes of at least 4 members (excludes halogenated alkanes) is 4. The van der Waals surface area contributed by atoms with E-state index in [9.17, 15) is 47.9 Å². The second kappa shape index (κ2) is 42.3. The van der Waals surface area contributed by atoms with E-state index in [0.717, 1.165) is 0 Å². The molecule has 85 heavy (non-hydrogen) atoms. The maximum absolute atomic E-state index is 14.5. The molecule has 1 aliphatic rings. The summed E-state index contributed by atoms with van der Waals surface area (Å²) in [5.41, 5.74) is 45.5. The van der Waals surface area contributed by atoms with Crippen LogP contribution in [0.2, 0.25) is 0 Å². The van der Waals surface area contributed by atoms with Crippen LogP contribution in [0, 0.1) is 5.41 Å². The molecule has 0 unspecified atom stereocenters. The zero-order chi connectivity index (χ0) is 63.1. The minimum atomic E-state index is -1.38. The fourth-order valence-corrected chi connectivity index (χ4v) is 8.74.